The molecule has 0 radical (unpaired) electrons. The van der Waals surface area contributed by atoms with Crippen molar-refractivity contribution in [1.29, 1.82) is 0 Å². The van der Waals surface area contributed by atoms with Crippen LogP contribution in [0, 0.1) is 0 Å². The Morgan fingerprint density at radius 1 is 1.25 bits per heavy atom. The van der Waals surface area contributed by atoms with Crippen molar-refractivity contribution < 1.29 is 9.15 Å². The second-order valence-corrected chi connectivity index (χ2v) is 5.70. The third-order valence-corrected chi connectivity index (χ3v) is 4.14. The van der Waals surface area contributed by atoms with Crippen LogP contribution in [-0.2, 0) is 12.3 Å². The summed E-state index contributed by atoms with van der Waals surface area (Å²) in [7, 11) is 1.62. The average molecular weight is 344 g/mol. The van der Waals surface area contributed by atoms with Gasteiger partial charge in [0.2, 0.25) is 17.7 Å². The maximum Gasteiger partial charge on any atom is 0.247 e. The van der Waals surface area contributed by atoms with Gasteiger partial charge in [0.05, 0.1) is 12.9 Å². The van der Waals surface area contributed by atoms with Gasteiger partial charge < -0.3 is 14.9 Å². The molecule has 3 rings (SSSR count). The summed E-state index contributed by atoms with van der Waals surface area (Å²) < 4.78 is 12.6. The molecule has 0 unspecified atom stereocenters. The fourth-order valence-corrected chi connectivity index (χ4v) is 2.79. The lowest BCUT2D eigenvalue weighted by Gasteiger charge is -2.02. The fraction of sp³-hybridized carbons (Fsp3) is 0.200. The minimum absolute atomic E-state index is 0.349. The number of thioether (sulfide) groups is 1. The number of ether oxygens (including phenoxy) is 1. The molecule has 2 aromatic heterocycles. The molecule has 124 valence electrons. The van der Waals surface area contributed by atoms with Crippen molar-refractivity contribution in [2.75, 3.05) is 12.8 Å². The van der Waals surface area contributed by atoms with Gasteiger partial charge in [0.1, 0.15) is 5.75 Å². The van der Waals surface area contributed by atoms with Gasteiger partial charge in [0.25, 0.3) is 0 Å². The minimum atomic E-state index is 0.349. The van der Waals surface area contributed by atoms with E-state index in [1.54, 1.807) is 17.8 Å². The molecule has 9 heteroatoms. The van der Waals surface area contributed by atoms with Gasteiger partial charge in [-0.15, -0.1) is 27.0 Å². The van der Waals surface area contributed by atoms with Crippen LogP contribution in [0.3, 0.4) is 0 Å². The maximum absolute atomic E-state index is 5.77. The van der Waals surface area contributed by atoms with Crippen LogP contribution in [0.4, 0.5) is 5.95 Å². The van der Waals surface area contributed by atoms with Crippen molar-refractivity contribution >= 4 is 17.7 Å². The maximum atomic E-state index is 5.77. The Hall–Kier alpha value is -2.81. The number of benzene rings is 1. The Labute approximate surface area is 142 Å². The largest absolute Gasteiger partial charge is 0.497 e. The molecule has 8 nitrogen and oxygen atoms in total. The Kier molecular flexibility index (Phi) is 4.80. The molecule has 3 aromatic rings. The van der Waals surface area contributed by atoms with E-state index in [1.165, 1.54) is 11.8 Å². The van der Waals surface area contributed by atoms with E-state index in [-0.39, 0.29) is 0 Å². The summed E-state index contributed by atoms with van der Waals surface area (Å²) in [5.74, 6) is 2.55. The van der Waals surface area contributed by atoms with Gasteiger partial charge in [-0.1, -0.05) is 17.8 Å². The zero-order chi connectivity index (χ0) is 16.9. The van der Waals surface area contributed by atoms with Crippen LogP contribution in [0.2, 0.25) is 0 Å². The molecule has 1 aromatic carbocycles. The van der Waals surface area contributed by atoms with Gasteiger partial charge in [0.15, 0.2) is 5.16 Å². The first-order valence-electron chi connectivity index (χ1n) is 7.10. The van der Waals surface area contributed by atoms with Crippen molar-refractivity contribution in [2.24, 2.45) is 0 Å². The SMILES string of the molecule is C=CCn1c(N)nnc1SCc1nnc(-c2ccc(OC)cc2)o1. The normalized spacial score (nSPS) is 10.7. The summed E-state index contributed by atoms with van der Waals surface area (Å²) >= 11 is 1.42. The lowest BCUT2D eigenvalue weighted by Crippen LogP contribution is -2.03. The summed E-state index contributed by atoms with van der Waals surface area (Å²) in [6.45, 7) is 4.24. The van der Waals surface area contributed by atoms with Crippen molar-refractivity contribution in [1.82, 2.24) is 25.0 Å². The Morgan fingerprint density at radius 2 is 2.04 bits per heavy atom. The molecule has 0 atom stereocenters. The van der Waals surface area contributed by atoms with Crippen molar-refractivity contribution in [3.05, 3.63) is 42.8 Å². The van der Waals surface area contributed by atoms with Crippen LogP contribution < -0.4 is 10.5 Å². The van der Waals surface area contributed by atoms with Gasteiger partial charge in [-0.05, 0) is 24.3 Å². The standard InChI is InChI=1S/C15H16N6O2S/c1-3-8-21-14(16)19-20-15(21)24-9-12-17-18-13(23-12)10-4-6-11(22-2)7-5-10/h3-7H,1,8-9H2,2H3,(H2,16,19). The number of rotatable bonds is 7. The van der Waals surface area contributed by atoms with Crippen LogP contribution in [0.1, 0.15) is 5.89 Å². The lowest BCUT2D eigenvalue weighted by atomic mass is 10.2. The van der Waals surface area contributed by atoms with E-state index in [1.807, 2.05) is 24.3 Å². The lowest BCUT2D eigenvalue weighted by molar-refractivity contribution is 0.415. The fourth-order valence-electron chi connectivity index (χ4n) is 2.00. The molecule has 0 aliphatic heterocycles. The first-order chi connectivity index (χ1) is 11.7. The van der Waals surface area contributed by atoms with Crippen molar-refractivity contribution in [3.63, 3.8) is 0 Å². The van der Waals surface area contributed by atoms with E-state index in [9.17, 15) is 0 Å². The summed E-state index contributed by atoms with van der Waals surface area (Å²) in [6, 6.07) is 7.42. The Morgan fingerprint density at radius 3 is 2.75 bits per heavy atom. The number of methoxy groups -OCH3 is 1. The monoisotopic (exact) mass is 344 g/mol. The van der Waals surface area contributed by atoms with E-state index in [2.05, 4.69) is 27.0 Å². The first-order valence-corrected chi connectivity index (χ1v) is 8.09. The number of nitrogens with two attached hydrogens (primary N) is 1. The molecular weight excluding hydrogens is 328 g/mol. The molecule has 0 aliphatic carbocycles. The van der Waals surface area contributed by atoms with E-state index < -0.39 is 0 Å². The Bertz CT molecular complexity index is 827. The number of aromatic nitrogens is 5. The number of hydrogen-bond acceptors (Lipinski definition) is 8. The summed E-state index contributed by atoms with van der Waals surface area (Å²) in [6.07, 6.45) is 1.73. The molecular formula is C15H16N6O2S. The number of anilines is 1. The van der Waals surface area contributed by atoms with Gasteiger partial charge in [-0.2, -0.15) is 0 Å². The quantitative estimate of drug-likeness (QED) is 0.514. The highest BCUT2D eigenvalue weighted by molar-refractivity contribution is 7.98. The highest BCUT2D eigenvalue weighted by Crippen LogP contribution is 2.25. The van der Waals surface area contributed by atoms with Gasteiger partial charge >= 0.3 is 0 Å². The third kappa shape index (κ3) is 3.40. The topological polar surface area (TPSA) is 105 Å². The summed E-state index contributed by atoms with van der Waals surface area (Å²) in [4.78, 5) is 0. The van der Waals surface area contributed by atoms with E-state index in [0.29, 0.717) is 35.2 Å². The van der Waals surface area contributed by atoms with Crippen LogP contribution in [-0.4, -0.2) is 32.1 Å². The predicted molar refractivity (Wildman–Crippen MR) is 90.5 cm³/mol. The highest BCUT2D eigenvalue weighted by Gasteiger charge is 2.13. The summed E-state index contributed by atoms with van der Waals surface area (Å²) in [5, 5.41) is 16.7. The van der Waals surface area contributed by atoms with E-state index >= 15 is 0 Å². The van der Waals surface area contributed by atoms with Crippen LogP contribution in [0.15, 0.2) is 46.5 Å². The molecule has 0 aliphatic rings. The van der Waals surface area contributed by atoms with Crippen LogP contribution in [0.25, 0.3) is 11.5 Å². The van der Waals surface area contributed by atoms with Gasteiger partial charge in [0, 0.05) is 12.1 Å². The Balaban J connectivity index is 1.69. The van der Waals surface area contributed by atoms with Crippen LogP contribution in [0.5, 0.6) is 5.75 Å². The number of hydrogen-bond donors (Lipinski definition) is 1. The smallest absolute Gasteiger partial charge is 0.247 e. The third-order valence-electron chi connectivity index (χ3n) is 3.19. The van der Waals surface area contributed by atoms with Crippen molar-refractivity contribution in [3.8, 4) is 17.2 Å². The molecule has 0 saturated heterocycles. The highest BCUT2D eigenvalue weighted by atomic mass is 32.2. The van der Waals surface area contributed by atoms with Gasteiger partial charge in [-0.3, -0.25) is 4.57 Å². The molecule has 0 bridgehead atoms. The molecule has 2 N–H and O–H groups in total. The molecule has 0 spiro atoms. The zero-order valence-corrected chi connectivity index (χ0v) is 13.9. The molecule has 2 heterocycles. The second-order valence-electron chi connectivity index (χ2n) is 4.76. The molecule has 0 fully saturated rings. The minimum Gasteiger partial charge on any atom is -0.497 e. The van der Waals surface area contributed by atoms with Gasteiger partial charge in [-0.25, -0.2) is 0 Å². The number of allylic oxidation sites excluding steroid dienone is 1. The van der Waals surface area contributed by atoms with E-state index in [0.717, 1.165) is 11.3 Å². The van der Waals surface area contributed by atoms with Crippen LogP contribution >= 0.6 is 11.8 Å². The average Bonchev–Trinajstić information content (AvgIpc) is 3.21. The van der Waals surface area contributed by atoms with Crippen molar-refractivity contribution in [2.45, 2.75) is 17.5 Å². The molecule has 24 heavy (non-hydrogen) atoms. The predicted octanol–water partition coefficient (Wildman–Crippen LogP) is 2.40. The van der Waals surface area contributed by atoms with E-state index in [4.69, 9.17) is 14.9 Å². The summed E-state index contributed by atoms with van der Waals surface area (Å²) in [5.41, 5.74) is 6.60. The second kappa shape index (κ2) is 7.18. The molecule has 0 amide bonds. The molecule has 0 saturated carbocycles. The number of nitrogens with zero attached hydrogens (tertiary/aromatic N) is 5. The number of nitrogen functional groups attached to an aromatic ring is 1. The zero-order valence-electron chi connectivity index (χ0n) is 13.0. The first kappa shape index (κ1) is 16.1.